The number of pyridine rings is 1. The number of aromatic nitrogens is 1. The molecule has 1 fully saturated rings. The molecular weight excluding hydrogens is 292 g/mol. The molecule has 0 spiro atoms. The van der Waals surface area contributed by atoms with Gasteiger partial charge in [-0.25, -0.2) is 4.98 Å². The van der Waals surface area contributed by atoms with Gasteiger partial charge >= 0.3 is 0 Å². The monoisotopic (exact) mass is 312 g/mol. The maximum Gasteiger partial charge on any atom is 0.252 e. The molecule has 1 aromatic rings. The summed E-state index contributed by atoms with van der Waals surface area (Å²) >= 11 is 6.24. The van der Waals surface area contributed by atoms with E-state index < -0.39 is 6.10 Å². The van der Waals surface area contributed by atoms with Gasteiger partial charge in [-0.2, -0.15) is 0 Å². The molecule has 1 amide bonds. The van der Waals surface area contributed by atoms with Gasteiger partial charge in [-0.3, -0.25) is 4.79 Å². The van der Waals surface area contributed by atoms with E-state index >= 15 is 0 Å². The zero-order valence-electron chi connectivity index (χ0n) is 12.1. The Morgan fingerprint density at radius 2 is 2.29 bits per heavy atom. The third-order valence-electron chi connectivity index (χ3n) is 3.47. The van der Waals surface area contributed by atoms with Crippen LogP contribution in [-0.2, 0) is 0 Å². The molecular formula is C14H21ClN4O2. The molecule has 1 atom stereocenters. The highest BCUT2D eigenvalue weighted by Gasteiger charge is 2.17. The van der Waals surface area contributed by atoms with Crippen LogP contribution in [0.3, 0.4) is 0 Å². The van der Waals surface area contributed by atoms with Crippen molar-refractivity contribution in [2.45, 2.75) is 19.4 Å². The van der Waals surface area contributed by atoms with Gasteiger partial charge in [0.15, 0.2) is 0 Å². The zero-order chi connectivity index (χ0) is 15.2. The molecule has 0 radical (unpaired) electrons. The molecule has 0 saturated carbocycles. The van der Waals surface area contributed by atoms with E-state index in [1.807, 2.05) is 6.92 Å². The van der Waals surface area contributed by atoms with Crippen LogP contribution >= 0.6 is 11.6 Å². The van der Waals surface area contributed by atoms with Gasteiger partial charge < -0.3 is 20.6 Å². The summed E-state index contributed by atoms with van der Waals surface area (Å²) in [6.45, 7) is 5.58. The third kappa shape index (κ3) is 4.30. The molecule has 116 valence electrons. The van der Waals surface area contributed by atoms with E-state index in [1.165, 1.54) is 6.20 Å². The lowest BCUT2D eigenvalue weighted by molar-refractivity contribution is 0.0913. The van der Waals surface area contributed by atoms with E-state index in [-0.39, 0.29) is 12.5 Å². The molecule has 2 rings (SSSR count). The Bertz CT molecular complexity index is 492. The topological polar surface area (TPSA) is 77.5 Å². The number of amides is 1. The summed E-state index contributed by atoms with van der Waals surface area (Å²) in [6.07, 6.45) is 1.59. The fourth-order valence-electron chi connectivity index (χ4n) is 2.12. The van der Waals surface area contributed by atoms with E-state index in [9.17, 15) is 9.90 Å². The van der Waals surface area contributed by atoms with Crippen molar-refractivity contribution in [2.75, 3.05) is 37.6 Å². The summed E-state index contributed by atoms with van der Waals surface area (Å²) in [7, 11) is 0. The third-order valence-corrected chi connectivity index (χ3v) is 3.75. The number of piperazine rings is 1. The summed E-state index contributed by atoms with van der Waals surface area (Å²) in [5, 5.41) is 15.9. The smallest absolute Gasteiger partial charge is 0.252 e. The maximum absolute atomic E-state index is 12.0. The molecule has 0 aromatic carbocycles. The number of halogens is 1. The van der Waals surface area contributed by atoms with E-state index in [0.29, 0.717) is 22.8 Å². The number of hydrogen-bond acceptors (Lipinski definition) is 5. The first-order chi connectivity index (χ1) is 10.1. The molecule has 1 aliphatic rings. The molecule has 21 heavy (non-hydrogen) atoms. The number of anilines is 1. The van der Waals surface area contributed by atoms with E-state index in [1.54, 1.807) is 6.07 Å². The molecule has 7 heteroatoms. The first-order valence-electron chi connectivity index (χ1n) is 7.19. The van der Waals surface area contributed by atoms with Gasteiger partial charge in [-0.15, -0.1) is 0 Å². The Balaban J connectivity index is 2.02. The maximum atomic E-state index is 12.0. The minimum Gasteiger partial charge on any atom is -0.391 e. The predicted molar refractivity (Wildman–Crippen MR) is 83.0 cm³/mol. The predicted octanol–water partition coefficient (Wildman–Crippen LogP) is 0.645. The van der Waals surface area contributed by atoms with Crippen LogP contribution in [0.2, 0.25) is 5.02 Å². The van der Waals surface area contributed by atoms with Crippen LogP contribution in [0.15, 0.2) is 12.3 Å². The zero-order valence-corrected chi connectivity index (χ0v) is 12.9. The Kier molecular flexibility index (Phi) is 5.78. The number of nitrogens with zero attached hydrogens (tertiary/aromatic N) is 2. The van der Waals surface area contributed by atoms with Crippen molar-refractivity contribution in [1.29, 1.82) is 0 Å². The number of rotatable bonds is 5. The Morgan fingerprint density at radius 1 is 1.57 bits per heavy atom. The highest BCUT2D eigenvalue weighted by Crippen LogP contribution is 2.24. The molecule has 0 bridgehead atoms. The minimum atomic E-state index is -0.530. The van der Waals surface area contributed by atoms with Crippen LogP contribution in [0, 0.1) is 0 Å². The van der Waals surface area contributed by atoms with Crippen molar-refractivity contribution in [1.82, 2.24) is 15.6 Å². The number of carbonyl (C=O) groups is 1. The van der Waals surface area contributed by atoms with E-state index in [0.717, 1.165) is 26.2 Å². The molecule has 1 aliphatic heterocycles. The van der Waals surface area contributed by atoms with Crippen molar-refractivity contribution in [3.05, 3.63) is 22.8 Å². The number of carbonyl (C=O) groups excluding carboxylic acids is 1. The lowest BCUT2D eigenvalue weighted by Crippen LogP contribution is -2.44. The van der Waals surface area contributed by atoms with Crippen LogP contribution in [0.1, 0.15) is 23.7 Å². The fourth-order valence-corrected chi connectivity index (χ4v) is 2.41. The van der Waals surface area contributed by atoms with Crippen LogP contribution in [-0.4, -0.2) is 54.8 Å². The summed E-state index contributed by atoms with van der Waals surface area (Å²) in [5.41, 5.74) is 0.405. The fraction of sp³-hybridized carbons (Fsp3) is 0.571. The molecule has 1 aromatic heterocycles. The lowest BCUT2D eigenvalue weighted by atomic mass is 10.2. The second-order valence-electron chi connectivity index (χ2n) is 5.04. The SMILES string of the molecule is CCC(O)CNC(=O)c1cnc(N2CCNCC2)c(Cl)c1. The average Bonchev–Trinajstić information content (AvgIpc) is 2.52. The van der Waals surface area contributed by atoms with E-state index in [4.69, 9.17) is 11.6 Å². The van der Waals surface area contributed by atoms with Crippen LogP contribution in [0.5, 0.6) is 0 Å². The minimum absolute atomic E-state index is 0.229. The quantitative estimate of drug-likeness (QED) is 0.744. The first kappa shape index (κ1) is 16.0. The number of aliphatic hydroxyl groups excluding tert-OH is 1. The normalized spacial score (nSPS) is 16.6. The lowest BCUT2D eigenvalue weighted by Gasteiger charge is -2.29. The van der Waals surface area contributed by atoms with Gasteiger partial charge in [-0.05, 0) is 12.5 Å². The van der Waals surface area contributed by atoms with Crippen molar-refractivity contribution in [2.24, 2.45) is 0 Å². The summed E-state index contributed by atoms with van der Waals surface area (Å²) in [4.78, 5) is 18.4. The molecule has 3 N–H and O–H groups in total. The van der Waals surface area contributed by atoms with Gasteiger partial charge in [0.1, 0.15) is 5.82 Å². The van der Waals surface area contributed by atoms with Crippen LogP contribution < -0.4 is 15.5 Å². The van der Waals surface area contributed by atoms with Crippen LogP contribution in [0.25, 0.3) is 0 Å². The number of hydrogen-bond donors (Lipinski definition) is 3. The Hall–Kier alpha value is -1.37. The van der Waals surface area contributed by atoms with Crippen LogP contribution in [0.4, 0.5) is 5.82 Å². The standard InChI is InChI=1S/C14H21ClN4O2/c1-2-11(20)9-18-14(21)10-7-12(15)13(17-8-10)19-5-3-16-4-6-19/h7-8,11,16,20H,2-6,9H2,1H3,(H,18,21). The molecule has 1 saturated heterocycles. The van der Waals surface area contributed by atoms with Gasteiger partial charge in [0.25, 0.3) is 5.91 Å². The number of aliphatic hydroxyl groups is 1. The van der Waals surface area contributed by atoms with Gasteiger partial charge in [0.05, 0.1) is 16.7 Å². The van der Waals surface area contributed by atoms with Crippen molar-refractivity contribution in [3.8, 4) is 0 Å². The van der Waals surface area contributed by atoms with E-state index in [2.05, 4.69) is 20.5 Å². The summed E-state index contributed by atoms with van der Waals surface area (Å²) < 4.78 is 0. The van der Waals surface area contributed by atoms with Gasteiger partial charge in [0, 0.05) is 38.9 Å². The first-order valence-corrected chi connectivity index (χ1v) is 7.57. The highest BCUT2D eigenvalue weighted by molar-refractivity contribution is 6.33. The van der Waals surface area contributed by atoms with Crippen molar-refractivity contribution in [3.63, 3.8) is 0 Å². The van der Waals surface area contributed by atoms with Gasteiger partial charge in [-0.1, -0.05) is 18.5 Å². The molecule has 0 aliphatic carbocycles. The molecule has 2 heterocycles. The summed E-state index contributed by atoms with van der Waals surface area (Å²) in [5.74, 6) is 0.437. The number of nitrogens with one attached hydrogen (secondary N) is 2. The second-order valence-corrected chi connectivity index (χ2v) is 5.45. The summed E-state index contributed by atoms with van der Waals surface area (Å²) in [6, 6.07) is 1.62. The Morgan fingerprint density at radius 3 is 2.90 bits per heavy atom. The Labute approximate surface area is 129 Å². The van der Waals surface area contributed by atoms with Crippen molar-refractivity contribution < 1.29 is 9.90 Å². The highest BCUT2D eigenvalue weighted by atomic mass is 35.5. The average molecular weight is 313 g/mol. The largest absolute Gasteiger partial charge is 0.391 e. The second kappa shape index (κ2) is 7.59. The van der Waals surface area contributed by atoms with Crippen molar-refractivity contribution >= 4 is 23.3 Å². The van der Waals surface area contributed by atoms with Gasteiger partial charge in [0.2, 0.25) is 0 Å². The molecule has 1 unspecified atom stereocenters. The molecule has 6 nitrogen and oxygen atoms in total.